The summed E-state index contributed by atoms with van der Waals surface area (Å²) in [6.07, 6.45) is 5.92. The van der Waals surface area contributed by atoms with E-state index in [9.17, 15) is 14.4 Å². The maximum Gasteiger partial charge on any atom is 0.352 e. The molecular formula is C20H23NO7. The number of fused-ring (bicyclic) bond motifs is 1. The van der Waals surface area contributed by atoms with Crippen LogP contribution in [-0.4, -0.2) is 44.4 Å². The molecule has 0 fully saturated rings. The van der Waals surface area contributed by atoms with Crippen LogP contribution >= 0.6 is 0 Å². The van der Waals surface area contributed by atoms with E-state index in [2.05, 4.69) is 4.99 Å². The first-order chi connectivity index (χ1) is 13.7. The number of esters is 2. The molecule has 1 unspecified atom stereocenters. The van der Waals surface area contributed by atoms with Crippen LogP contribution in [0.1, 0.15) is 37.9 Å². The molecule has 28 heavy (non-hydrogen) atoms. The van der Waals surface area contributed by atoms with E-state index in [0.29, 0.717) is 23.5 Å². The third-order valence-corrected chi connectivity index (χ3v) is 3.69. The number of allylic oxidation sites excluding steroid dienone is 2. The van der Waals surface area contributed by atoms with Gasteiger partial charge in [0.1, 0.15) is 12.8 Å². The van der Waals surface area contributed by atoms with Gasteiger partial charge in [0.25, 0.3) is 0 Å². The summed E-state index contributed by atoms with van der Waals surface area (Å²) in [6, 6.07) is 4.86. The highest BCUT2D eigenvalue weighted by Gasteiger charge is 2.28. The molecule has 8 nitrogen and oxygen atoms in total. The zero-order valence-corrected chi connectivity index (χ0v) is 15.7. The minimum absolute atomic E-state index is 0.0938. The molecule has 1 aromatic carbocycles. The van der Waals surface area contributed by atoms with Crippen molar-refractivity contribution in [3.8, 4) is 11.5 Å². The number of hydrogen-bond donors (Lipinski definition) is 0. The van der Waals surface area contributed by atoms with Crippen LogP contribution in [0, 0.1) is 0 Å². The summed E-state index contributed by atoms with van der Waals surface area (Å²) in [5.41, 5.74) is 0.425. The van der Waals surface area contributed by atoms with Crippen LogP contribution in [0.4, 0.5) is 0 Å². The molecule has 0 aliphatic carbocycles. The Balaban J connectivity index is 2.04. The maximum absolute atomic E-state index is 12.4. The molecule has 8 heteroatoms. The normalized spacial score (nSPS) is 13.6. The Morgan fingerprint density at radius 1 is 1.29 bits per heavy atom. The minimum atomic E-state index is -1.22. The topological polar surface area (TPSA) is 100 Å². The van der Waals surface area contributed by atoms with Gasteiger partial charge in [-0.2, -0.15) is 0 Å². The zero-order valence-electron chi connectivity index (χ0n) is 15.7. The van der Waals surface area contributed by atoms with Gasteiger partial charge in [0.05, 0.1) is 6.61 Å². The van der Waals surface area contributed by atoms with E-state index >= 15 is 0 Å². The number of rotatable bonds is 11. The number of carbonyl (C=O) groups is 3. The number of nitrogens with zero attached hydrogens (tertiary/aromatic N) is 1. The fourth-order valence-electron chi connectivity index (χ4n) is 2.27. The van der Waals surface area contributed by atoms with Gasteiger partial charge in [-0.1, -0.05) is 25.5 Å². The van der Waals surface area contributed by atoms with Gasteiger partial charge in [-0.05, 0) is 24.6 Å². The Hall–Kier alpha value is -3.16. The van der Waals surface area contributed by atoms with E-state index in [-0.39, 0.29) is 26.4 Å². The molecule has 1 aliphatic rings. The van der Waals surface area contributed by atoms with Crippen molar-refractivity contribution < 1.29 is 33.3 Å². The van der Waals surface area contributed by atoms with Crippen LogP contribution in [0.15, 0.2) is 35.3 Å². The fourth-order valence-corrected chi connectivity index (χ4v) is 2.27. The quantitative estimate of drug-likeness (QED) is 0.248. The fraction of sp³-hybridized carbons (Fsp3) is 0.400. The predicted octanol–water partition coefficient (Wildman–Crippen LogP) is 2.56. The number of hydrogen-bond acceptors (Lipinski definition) is 8. The second-order valence-corrected chi connectivity index (χ2v) is 5.82. The third kappa shape index (κ3) is 6.53. The van der Waals surface area contributed by atoms with Crippen LogP contribution in [0.5, 0.6) is 11.5 Å². The standard InChI is InChI=1S/C20H23NO7/c1-2-3-11-25-20(24)19(15-7-8-16-17(12-15)27-14-26-16)28-18(23)13-21-9-5-4-6-10-22/h4-5,7-10,12,19H,2-3,6,11,13-14H2,1H3/b5-4-,21-9?. The maximum atomic E-state index is 12.4. The Bertz CT molecular complexity index is 742. The monoisotopic (exact) mass is 389 g/mol. The first-order valence-corrected chi connectivity index (χ1v) is 9.00. The smallest absolute Gasteiger partial charge is 0.352 e. The van der Waals surface area contributed by atoms with Crippen molar-refractivity contribution in [3.05, 3.63) is 35.9 Å². The molecule has 2 rings (SSSR count). The summed E-state index contributed by atoms with van der Waals surface area (Å²) in [7, 11) is 0. The van der Waals surface area contributed by atoms with Gasteiger partial charge in [0, 0.05) is 18.2 Å². The van der Waals surface area contributed by atoms with Crippen molar-refractivity contribution in [1.82, 2.24) is 0 Å². The first kappa shape index (κ1) is 21.1. The van der Waals surface area contributed by atoms with Gasteiger partial charge in [-0.15, -0.1) is 0 Å². The van der Waals surface area contributed by atoms with Crippen molar-refractivity contribution in [2.45, 2.75) is 32.3 Å². The molecule has 1 heterocycles. The lowest BCUT2D eigenvalue weighted by Gasteiger charge is -2.17. The van der Waals surface area contributed by atoms with Crippen LogP contribution in [0.2, 0.25) is 0 Å². The molecule has 0 aromatic heterocycles. The zero-order chi connectivity index (χ0) is 20.2. The van der Waals surface area contributed by atoms with Crippen molar-refractivity contribution in [3.63, 3.8) is 0 Å². The summed E-state index contributed by atoms with van der Waals surface area (Å²) in [6.45, 7) is 2.05. The Morgan fingerprint density at radius 2 is 2.11 bits per heavy atom. The average molecular weight is 389 g/mol. The second kappa shape index (κ2) is 11.5. The van der Waals surface area contributed by atoms with Crippen LogP contribution in [0.25, 0.3) is 0 Å². The van der Waals surface area contributed by atoms with Gasteiger partial charge in [-0.25, -0.2) is 4.79 Å². The molecular weight excluding hydrogens is 366 g/mol. The summed E-state index contributed by atoms with van der Waals surface area (Å²) in [5, 5.41) is 0. The van der Waals surface area contributed by atoms with E-state index in [1.165, 1.54) is 6.21 Å². The van der Waals surface area contributed by atoms with Crippen LogP contribution in [0.3, 0.4) is 0 Å². The summed E-state index contributed by atoms with van der Waals surface area (Å²) < 4.78 is 21.1. The molecule has 0 amide bonds. The molecule has 150 valence electrons. The largest absolute Gasteiger partial charge is 0.463 e. The van der Waals surface area contributed by atoms with E-state index in [0.717, 1.165) is 12.7 Å². The van der Waals surface area contributed by atoms with Crippen molar-refractivity contribution in [1.29, 1.82) is 0 Å². The van der Waals surface area contributed by atoms with Crippen LogP contribution < -0.4 is 9.47 Å². The van der Waals surface area contributed by atoms with Gasteiger partial charge in [0.15, 0.2) is 11.5 Å². The van der Waals surface area contributed by atoms with E-state index in [1.807, 2.05) is 6.92 Å². The van der Waals surface area contributed by atoms with Gasteiger partial charge < -0.3 is 23.7 Å². The lowest BCUT2D eigenvalue weighted by atomic mass is 10.1. The number of carbonyl (C=O) groups excluding carboxylic acids is 3. The van der Waals surface area contributed by atoms with Gasteiger partial charge in [0.2, 0.25) is 12.9 Å². The van der Waals surface area contributed by atoms with Crippen LogP contribution in [-0.2, 0) is 23.9 Å². The number of ether oxygens (including phenoxy) is 4. The molecule has 0 N–H and O–H groups in total. The van der Waals surface area contributed by atoms with Gasteiger partial charge >= 0.3 is 11.9 Å². The van der Waals surface area contributed by atoms with E-state index in [4.69, 9.17) is 18.9 Å². The molecule has 0 saturated carbocycles. The van der Waals surface area contributed by atoms with E-state index in [1.54, 1.807) is 30.4 Å². The summed E-state index contributed by atoms with van der Waals surface area (Å²) in [5.74, 6) is -0.316. The van der Waals surface area contributed by atoms with Gasteiger partial charge in [-0.3, -0.25) is 9.79 Å². The Morgan fingerprint density at radius 3 is 2.89 bits per heavy atom. The number of unbranched alkanes of at least 4 members (excludes halogenated alkanes) is 1. The molecule has 1 atom stereocenters. The second-order valence-electron chi connectivity index (χ2n) is 5.82. The Labute approximate surface area is 163 Å². The first-order valence-electron chi connectivity index (χ1n) is 9.00. The van der Waals surface area contributed by atoms with Crippen molar-refractivity contribution in [2.75, 3.05) is 19.9 Å². The number of aldehydes is 1. The predicted molar refractivity (Wildman–Crippen MR) is 100 cm³/mol. The molecule has 0 bridgehead atoms. The molecule has 1 aromatic rings. The van der Waals surface area contributed by atoms with E-state index < -0.39 is 18.0 Å². The molecule has 0 spiro atoms. The molecule has 0 radical (unpaired) electrons. The summed E-state index contributed by atoms with van der Waals surface area (Å²) in [4.78, 5) is 38.6. The highest BCUT2D eigenvalue weighted by Crippen LogP contribution is 2.35. The average Bonchev–Trinajstić information content (AvgIpc) is 3.16. The number of aliphatic imine (C=N–C) groups is 1. The summed E-state index contributed by atoms with van der Waals surface area (Å²) >= 11 is 0. The Kier molecular flexibility index (Phi) is 8.71. The SMILES string of the molecule is CCCCOC(=O)C(OC(=O)CN=C/C=C\CC=O)c1ccc2c(c1)OCO2. The van der Waals surface area contributed by atoms with Crippen molar-refractivity contribution >= 4 is 24.4 Å². The third-order valence-electron chi connectivity index (χ3n) is 3.69. The lowest BCUT2D eigenvalue weighted by molar-refractivity contribution is -0.167. The van der Waals surface area contributed by atoms with Crippen molar-refractivity contribution in [2.24, 2.45) is 4.99 Å². The molecule has 1 aliphatic heterocycles. The lowest BCUT2D eigenvalue weighted by Crippen LogP contribution is -2.23. The highest BCUT2D eigenvalue weighted by atomic mass is 16.7. The molecule has 0 saturated heterocycles. The number of benzene rings is 1. The highest BCUT2D eigenvalue weighted by molar-refractivity contribution is 5.83. The minimum Gasteiger partial charge on any atom is -0.463 e.